The number of nitrogens with zero attached hydrogens (tertiary/aromatic N) is 4. The lowest BCUT2D eigenvalue weighted by atomic mass is 9.61. The van der Waals surface area contributed by atoms with Gasteiger partial charge in [0.2, 0.25) is 0 Å². The van der Waals surface area contributed by atoms with Crippen molar-refractivity contribution in [1.82, 2.24) is 25.1 Å². The highest BCUT2D eigenvalue weighted by molar-refractivity contribution is 5.88. The number of carboxylic acid groups (broad SMARTS) is 1. The first-order valence-corrected chi connectivity index (χ1v) is 11.4. The van der Waals surface area contributed by atoms with E-state index in [2.05, 4.69) is 30.5 Å². The van der Waals surface area contributed by atoms with Crippen molar-refractivity contribution in [3.63, 3.8) is 0 Å². The fourth-order valence-corrected chi connectivity index (χ4v) is 5.69. The molecule has 3 heterocycles. The summed E-state index contributed by atoms with van der Waals surface area (Å²) in [6, 6.07) is 0.891. The average molecular weight is 454 g/mol. The lowest BCUT2D eigenvalue weighted by Crippen LogP contribution is -2.51. The molecule has 2 unspecified atom stereocenters. The van der Waals surface area contributed by atoms with E-state index in [1.165, 1.54) is 6.07 Å². The van der Waals surface area contributed by atoms with Crippen molar-refractivity contribution < 1.29 is 18.7 Å². The molecule has 3 aromatic heterocycles. The number of nitrogens with one attached hydrogen (secondary N) is 2. The second kappa shape index (κ2) is 7.16. The van der Waals surface area contributed by atoms with Gasteiger partial charge in [0.25, 0.3) is 0 Å². The van der Waals surface area contributed by atoms with Gasteiger partial charge in [0, 0.05) is 11.5 Å². The van der Waals surface area contributed by atoms with Gasteiger partial charge in [0.05, 0.1) is 23.2 Å². The van der Waals surface area contributed by atoms with E-state index in [1.54, 1.807) is 0 Å². The molecule has 3 N–H and O–H groups in total. The minimum atomic E-state index is -0.856. The van der Waals surface area contributed by atoms with E-state index in [4.69, 9.17) is 0 Å². The number of rotatable bonds is 5. The van der Waals surface area contributed by atoms with Crippen LogP contribution >= 0.6 is 0 Å². The highest BCUT2D eigenvalue weighted by atomic mass is 19.1. The van der Waals surface area contributed by atoms with Crippen molar-refractivity contribution in [2.45, 2.75) is 56.9 Å². The van der Waals surface area contributed by atoms with Crippen LogP contribution in [0.3, 0.4) is 0 Å². The maximum Gasteiger partial charge on any atom is 0.308 e. The van der Waals surface area contributed by atoms with E-state index in [-0.39, 0.29) is 34.9 Å². The van der Waals surface area contributed by atoms with E-state index in [0.29, 0.717) is 11.0 Å². The van der Waals surface area contributed by atoms with Crippen molar-refractivity contribution in [3.8, 4) is 11.5 Å². The first-order valence-electron chi connectivity index (χ1n) is 11.4. The van der Waals surface area contributed by atoms with Crippen molar-refractivity contribution >= 4 is 22.8 Å². The quantitative estimate of drug-likeness (QED) is 0.533. The van der Waals surface area contributed by atoms with Gasteiger partial charge in [-0.3, -0.25) is 9.89 Å². The molecule has 0 saturated heterocycles. The molecule has 4 aliphatic rings. The number of hydrogen-bond acceptors (Lipinski definition) is 6. The van der Waals surface area contributed by atoms with E-state index in [0.717, 1.165) is 44.7 Å². The average Bonchev–Trinajstić information content (AvgIpc) is 3.41. The number of carboxylic acids is 1. The van der Waals surface area contributed by atoms with Gasteiger partial charge in [-0.15, -0.1) is 0 Å². The van der Waals surface area contributed by atoms with Crippen LogP contribution in [0.4, 0.5) is 14.6 Å². The van der Waals surface area contributed by atoms with Crippen LogP contribution in [0.5, 0.6) is 0 Å². The fourth-order valence-electron chi connectivity index (χ4n) is 5.69. The van der Waals surface area contributed by atoms with Gasteiger partial charge in [-0.05, 0) is 56.4 Å². The molecule has 0 spiro atoms. The predicted molar refractivity (Wildman–Crippen MR) is 115 cm³/mol. The number of aromatic amines is 1. The summed E-state index contributed by atoms with van der Waals surface area (Å²) < 4.78 is 29.6. The molecule has 8 nitrogen and oxygen atoms in total. The smallest absolute Gasteiger partial charge is 0.308 e. The number of anilines is 1. The number of H-pyrrole nitrogens is 1. The summed E-state index contributed by atoms with van der Waals surface area (Å²) in [5.41, 5.74) is 0.531. The second-order valence-electron chi connectivity index (χ2n) is 9.95. The highest BCUT2D eigenvalue weighted by Gasteiger charge is 2.49. The van der Waals surface area contributed by atoms with E-state index < -0.39 is 35.0 Å². The molecule has 0 amide bonds. The first-order chi connectivity index (χ1) is 15.8. The molecule has 10 heteroatoms. The highest BCUT2D eigenvalue weighted by Crippen LogP contribution is 2.50. The Balaban J connectivity index is 1.47. The molecular weight excluding hydrogens is 430 g/mol. The van der Waals surface area contributed by atoms with Crippen molar-refractivity contribution in [2.24, 2.45) is 17.8 Å². The van der Waals surface area contributed by atoms with Gasteiger partial charge in [-0.25, -0.2) is 23.7 Å². The molecule has 4 aliphatic carbocycles. The summed E-state index contributed by atoms with van der Waals surface area (Å²) in [7, 11) is 0. The second-order valence-corrected chi connectivity index (χ2v) is 9.95. The lowest BCUT2D eigenvalue weighted by molar-refractivity contribution is -0.148. The van der Waals surface area contributed by atoms with Crippen LogP contribution in [0.2, 0.25) is 0 Å². The van der Waals surface area contributed by atoms with E-state index >= 15 is 4.39 Å². The molecule has 33 heavy (non-hydrogen) atoms. The Morgan fingerprint density at radius 2 is 1.91 bits per heavy atom. The molecule has 7 rings (SSSR count). The SMILES string of the molecule is CC1(c2nc(-c3n[nH]c4ncc(F)cc34)nc(NC3C4CCC(CC4)C3C(=O)O)c2F)CC1. The van der Waals surface area contributed by atoms with E-state index in [9.17, 15) is 14.3 Å². The zero-order chi connectivity index (χ0) is 22.9. The van der Waals surface area contributed by atoms with Gasteiger partial charge in [-0.1, -0.05) is 6.92 Å². The maximum atomic E-state index is 15.7. The first kappa shape index (κ1) is 20.4. The van der Waals surface area contributed by atoms with Crippen LogP contribution in [-0.2, 0) is 10.2 Å². The molecule has 4 saturated carbocycles. The van der Waals surface area contributed by atoms with Crippen molar-refractivity contribution in [1.29, 1.82) is 0 Å². The Kier molecular flexibility index (Phi) is 4.44. The summed E-state index contributed by atoms with van der Waals surface area (Å²) in [5.74, 6) is -2.12. The van der Waals surface area contributed by atoms with Gasteiger partial charge >= 0.3 is 5.97 Å². The van der Waals surface area contributed by atoms with Crippen LogP contribution in [0.25, 0.3) is 22.6 Å². The Hall–Kier alpha value is -3.17. The number of carbonyl (C=O) groups is 1. The van der Waals surface area contributed by atoms with Crippen LogP contribution in [-0.4, -0.2) is 42.3 Å². The molecule has 4 fully saturated rings. The normalized spacial score (nSPS) is 27.6. The third-order valence-corrected chi connectivity index (χ3v) is 7.83. The molecule has 172 valence electrons. The van der Waals surface area contributed by atoms with Crippen LogP contribution in [0.15, 0.2) is 12.3 Å². The van der Waals surface area contributed by atoms with E-state index in [1.807, 2.05) is 6.92 Å². The van der Waals surface area contributed by atoms with Gasteiger partial charge < -0.3 is 10.4 Å². The summed E-state index contributed by atoms with van der Waals surface area (Å²) in [4.78, 5) is 25.0. The number of hydrogen-bond donors (Lipinski definition) is 3. The largest absolute Gasteiger partial charge is 0.481 e. The summed E-state index contributed by atoms with van der Waals surface area (Å²) in [6.45, 7) is 1.94. The summed E-state index contributed by atoms with van der Waals surface area (Å²) in [6.07, 6.45) is 6.29. The topological polar surface area (TPSA) is 117 Å². The molecule has 2 bridgehead atoms. The van der Waals surface area contributed by atoms with Crippen molar-refractivity contribution in [3.05, 3.63) is 29.6 Å². The Bertz CT molecular complexity index is 1270. The fraction of sp³-hybridized carbons (Fsp3) is 0.522. The van der Waals surface area contributed by atoms with Gasteiger partial charge in [0.15, 0.2) is 23.1 Å². The lowest BCUT2D eigenvalue weighted by Gasteiger charge is -2.47. The zero-order valence-electron chi connectivity index (χ0n) is 18.1. The number of fused-ring (bicyclic) bond motifs is 4. The van der Waals surface area contributed by atoms with Crippen LogP contribution in [0, 0.1) is 29.4 Å². The summed E-state index contributed by atoms with van der Waals surface area (Å²) >= 11 is 0. The molecule has 3 aromatic rings. The standard InChI is InChI=1S/C23H24F2N6O2/c1-23(6-7-23)18-15(25)20(27-16-11-4-2-10(3-5-11)14(16)22(32)33)29-21(28-18)17-13-8-12(24)9-26-19(13)31-30-17/h8-11,14,16H,2-7H2,1H3,(H,32,33)(H,26,30,31)(H,27,28,29). The molecule has 0 radical (unpaired) electrons. The third kappa shape index (κ3) is 3.26. The molecule has 2 atom stereocenters. The minimum absolute atomic E-state index is 0.00700. The Morgan fingerprint density at radius 1 is 1.18 bits per heavy atom. The number of aromatic nitrogens is 5. The number of pyridine rings is 1. The summed E-state index contributed by atoms with van der Waals surface area (Å²) in [5, 5.41) is 20.5. The minimum Gasteiger partial charge on any atom is -0.481 e. The third-order valence-electron chi connectivity index (χ3n) is 7.83. The van der Waals surface area contributed by atoms with Gasteiger partial charge in [0.1, 0.15) is 11.5 Å². The molecular formula is C23H24F2N6O2. The van der Waals surface area contributed by atoms with Crippen LogP contribution < -0.4 is 5.32 Å². The zero-order valence-corrected chi connectivity index (χ0v) is 18.1. The maximum absolute atomic E-state index is 15.7. The monoisotopic (exact) mass is 454 g/mol. The predicted octanol–water partition coefficient (Wildman–Crippen LogP) is 4.05. The molecule has 0 aliphatic heterocycles. The Morgan fingerprint density at radius 3 is 2.61 bits per heavy atom. The number of halogens is 2. The molecule has 0 aromatic carbocycles. The van der Waals surface area contributed by atoms with Crippen LogP contribution in [0.1, 0.15) is 51.1 Å². The number of aliphatic carboxylic acids is 1. The Labute approximate surface area is 188 Å². The van der Waals surface area contributed by atoms with Gasteiger partial charge in [-0.2, -0.15) is 5.10 Å². The van der Waals surface area contributed by atoms with Crippen molar-refractivity contribution in [2.75, 3.05) is 5.32 Å².